The van der Waals surface area contributed by atoms with Crippen molar-refractivity contribution in [2.45, 2.75) is 142 Å². The Morgan fingerprint density at radius 3 is 1.31 bits per heavy atom. The Morgan fingerprint density at radius 1 is 0.657 bits per heavy atom. The molecule has 2 N–H and O–H groups in total. The normalized spacial score (nSPS) is 16.0. The van der Waals surface area contributed by atoms with Crippen LogP contribution in [-0.2, 0) is 14.4 Å². The highest BCUT2D eigenvalue weighted by Gasteiger charge is 2.50. The molecule has 0 aromatic carbocycles. The summed E-state index contributed by atoms with van der Waals surface area (Å²) in [7, 11) is 0. The van der Waals surface area contributed by atoms with Crippen LogP contribution in [0.1, 0.15) is 124 Å². The number of aliphatic carboxylic acids is 3. The number of allylic oxidation sites excluding steroid dienone is 2. The highest BCUT2D eigenvalue weighted by Crippen LogP contribution is 2.27. The van der Waals surface area contributed by atoms with Crippen molar-refractivity contribution in [1.82, 2.24) is 0 Å². The molecule has 0 amide bonds. The van der Waals surface area contributed by atoms with Crippen LogP contribution in [0.3, 0.4) is 0 Å². The van der Waals surface area contributed by atoms with E-state index < -0.39 is 40.5 Å². The summed E-state index contributed by atoms with van der Waals surface area (Å²) >= 11 is 0. The van der Waals surface area contributed by atoms with Crippen LogP contribution in [-0.4, -0.2) is 57.3 Å². The number of hydrogen-bond acceptors (Lipinski definition) is 4. The van der Waals surface area contributed by atoms with Gasteiger partial charge in [0, 0.05) is 0 Å². The van der Waals surface area contributed by atoms with Gasteiger partial charge in [0.1, 0.15) is 6.04 Å². The molecular formula is C28H51NO6. The van der Waals surface area contributed by atoms with Gasteiger partial charge in [-0.2, -0.15) is 0 Å². The predicted molar refractivity (Wildman–Crippen MR) is 138 cm³/mol. The van der Waals surface area contributed by atoms with Crippen LogP contribution in [0.15, 0.2) is 12.2 Å². The maximum Gasteiger partial charge on any atom is 0.362 e. The predicted octanol–water partition coefficient (Wildman–Crippen LogP) is 5.32. The van der Waals surface area contributed by atoms with Crippen LogP contribution < -0.4 is 5.11 Å². The van der Waals surface area contributed by atoms with Crippen molar-refractivity contribution in [3.8, 4) is 0 Å². The molecule has 0 saturated heterocycles. The lowest BCUT2D eigenvalue weighted by Gasteiger charge is -2.49. The zero-order valence-corrected chi connectivity index (χ0v) is 22.7. The number of quaternary nitrogens is 1. The Balaban J connectivity index is 4.23. The molecular weight excluding hydrogens is 446 g/mol. The van der Waals surface area contributed by atoms with Gasteiger partial charge < -0.3 is 20.1 Å². The molecule has 0 fully saturated rings. The van der Waals surface area contributed by atoms with E-state index in [1.165, 1.54) is 85.0 Å². The summed E-state index contributed by atoms with van der Waals surface area (Å²) in [5.41, 5.74) is 0. The fourth-order valence-electron chi connectivity index (χ4n) is 5.13. The maximum atomic E-state index is 11.8. The molecule has 0 aromatic rings. The molecule has 0 aliphatic rings. The number of carbonyl (C=O) groups excluding carboxylic acids is 1. The van der Waals surface area contributed by atoms with Crippen LogP contribution in [0, 0.1) is 0 Å². The lowest BCUT2D eigenvalue weighted by Crippen LogP contribution is -2.72. The van der Waals surface area contributed by atoms with Gasteiger partial charge in [-0.15, -0.1) is 0 Å². The second-order valence-electron chi connectivity index (χ2n) is 10.0. The second kappa shape index (κ2) is 19.3. The van der Waals surface area contributed by atoms with Crippen molar-refractivity contribution in [3.63, 3.8) is 0 Å². The fraction of sp³-hybridized carbons (Fsp3) is 0.821. The minimum atomic E-state index is -1.42. The molecule has 0 saturated carbocycles. The number of carboxylic acids is 3. The van der Waals surface area contributed by atoms with Gasteiger partial charge >= 0.3 is 11.9 Å². The fourth-order valence-corrected chi connectivity index (χ4v) is 5.13. The molecule has 0 aliphatic carbocycles. The highest BCUT2D eigenvalue weighted by molar-refractivity contribution is 5.76. The Labute approximate surface area is 213 Å². The third-order valence-electron chi connectivity index (χ3n) is 7.62. The van der Waals surface area contributed by atoms with Gasteiger partial charge in [0.25, 0.3) is 0 Å². The van der Waals surface area contributed by atoms with E-state index in [0.717, 1.165) is 25.7 Å². The second-order valence-corrected chi connectivity index (χ2v) is 10.0. The first-order valence-corrected chi connectivity index (χ1v) is 13.8. The Hall–Kier alpha value is -1.89. The van der Waals surface area contributed by atoms with E-state index in [4.69, 9.17) is 0 Å². The van der Waals surface area contributed by atoms with E-state index in [-0.39, 0.29) is 6.54 Å². The minimum absolute atomic E-state index is 0.186. The number of carboxylic acid groups (broad SMARTS) is 3. The van der Waals surface area contributed by atoms with E-state index in [1.54, 1.807) is 0 Å². The Kier molecular flexibility index (Phi) is 18.3. The van der Waals surface area contributed by atoms with Crippen molar-refractivity contribution < 1.29 is 34.2 Å². The average Bonchev–Trinajstić information content (AvgIpc) is 2.82. The van der Waals surface area contributed by atoms with Crippen LogP contribution in [0.4, 0.5) is 0 Å². The van der Waals surface area contributed by atoms with Gasteiger partial charge in [-0.1, -0.05) is 82.8 Å². The van der Waals surface area contributed by atoms with E-state index in [9.17, 15) is 29.7 Å². The third-order valence-corrected chi connectivity index (χ3v) is 7.62. The Bertz CT molecular complexity index is 583. The highest BCUT2D eigenvalue weighted by atomic mass is 16.4. The van der Waals surface area contributed by atoms with E-state index in [0.29, 0.717) is 6.42 Å². The molecule has 0 aromatic heterocycles. The number of hydrogen-bond donors (Lipinski definition) is 2. The molecule has 204 valence electrons. The van der Waals surface area contributed by atoms with Crippen molar-refractivity contribution in [1.29, 1.82) is 0 Å². The number of rotatable bonds is 23. The summed E-state index contributed by atoms with van der Waals surface area (Å²) in [6.07, 6.45) is 22.0. The first kappa shape index (κ1) is 33.1. The van der Waals surface area contributed by atoms with Gasteiger partial charge in [-0.3, -0.25) is 4.48 Å². The molecule has 7 heteroatoms. The molecule has 7 nitrogen and oxygen atoms in total. The molecule has 0 aliphatic heterocycles. The molecule has 0 spiro atoms. The maximum absolute atomic E-state index is 11.8. The van der Waals surface area contributed by atoms with Crippen molar-refractivity contribution in [2.24, 2.45) is 0 Å². The molecule has 0 radical (unpaired) electrons. The lowest BCUT2D eigenvalue weighted by atomic mass is 9.99. The van der Waals surface area contributed by atoms with Gasteiger partial charge in [0.2, 0.25) is 0 Å². The van der Waals surface area contributed by atoms with E-state index in [1.807, 2.05) is 0 Å². The summed E-state index contributed by atoms with van der Waals surface area (Å²) in [6, 6.07) is -3.55. The van der Waals surface area contributed by atoms with E-state index in [2.05, 4.69) is 19.1 Å². The van der Waals surface area contributed by atoms with Gasteiger partial charge in [-0.25, -0.2) is 9.59 Å². The standard InChI is InChI=1S/C28H51NO6/c1-5-6-7-8-9-10-11-12-13-14-15-16-17-18-19-20-21-22-29(23(2)26(30)31,24(3)27(32)33)25(4)28(34)35/h5-6,23-25H,7-22H2,1-4H3,(H2-,30,31,32,33,34,35)/b6-5+. The molecule has 3 unspecified atom stereocenters. The summed E-state index contributed by atoms with van der Waals surface area (Å²) in [5, 5.41) is 30.9. The SMILES string of the molecule is C/C=C/CCCCCCCCCCCCCCCC[N+](C(C)C(=O)[O-])(C(C)C(=O)O)C(C)C(=O)O. The summed E-state index contributed by atoms with van der Waals surface area (Å²) in [6.45, 7) is 6.41. The quantitative estimate of drug-likeness (QED) is 0.112. The lowest BCUT2D eigenvalue weighted by molar-refractivity contribution is -0.969. The number of carbonyl (C=O) groups is 3. The summed E-state index contributed by atoms with van der Waals surface area (Å²) < 4.78 is -0.539. The van der Waals surface area contributed by atoms with Crippen molar-refractivity contribution in [3.05, 3.63) is 12.2 Å². The molecule has 0 bridgehead atoms. The minimum Gasteiger partial charge on any atom is -0.544 e. The van der Waals surface area contributed by atoms with Crippen LogP contribution in [0.2, 0.25) is 0 Å². The van der Waals surface area contributed by atoms with Crippen molar-refractivity contribution in [2.75, 3.05) is 6.54 Å². The van der Waals surface area contributed by atoms with Crippen LogP contribution in [0.5, 0.6) is 0 Å². The molecule has 0 rings (SSSR count). The smallest absolute Gasteiger partial charge is 0.362 e. The largest absolute Gasteiger partial charge is 0.544 e. The number of nitrogens with zero attached hydrogens (tertiary/aromatic N) is 1. The Morgan fingerprint density at radius 2 is 1.00 bits per heavy atom. The zero-order valence-electron chi connectivity index (χ0n) is 22.7. The number of unbranched alkanes of at least 4 members (excludes halogenated alkanes) is 14. The first-order chi connectivity index (χ1) is 16.6. The van der Waals surface area contributed by atoms with Gasteiger partial charge in [-0.05, 0) is 53.4 Å². The summed E-state index contributed by atoms with van der Waals surface area (Å²) in [5.74, 6) is -3.82. The molecule has 35 heavy (non-hydrogen) atoms. The summed E-state index contributed by atoms with van der Waals surface area (Å²) in [4.78, 5) is 35.2. The zero-order chi connectivity index (χ0) is 26.7. The van der Waals surface area contributed by atoms with Gasteiger partial charge in [0.05, 0.1) is 12.5 Å². The van der Waals surface area contributed by atoms with Crippen LogP contribution in [0.25, 0.3) is 0 Å². The topological polar surface area (TPSA) is 115 Å². The first-order valence-electron chi connectivity index (χ1n) is 13.8. The van der Waals surface area contributed by atoms with Gasteiger partial charge in [0.15, 0.2) is 12.1 Å². The third kappa shape index (κ3) is 12.6. The molecule has 0 heterocycles. The van der Waals surface area contributed by atoms with Crippen LogP contribution >= 0.6 is 0 Å². The van der Waals surface area contributed by atoms with E-state index >= 15 is 0 Å². The molecule has 3 atom stereocenters. The average molecular weight is 498 g/mol. The monoisotopic (exact) mass is 497 g/mol. The van der Waals surface area contributed by atoms with Crippen molar-refractivity contribution >= 4 is 17.9 Å².